The fourth-order valence-electron chi connectivity index (χ4n) is 2.35. The van der Waals surface area contributed by atoms with Crippen LogP contribution >= 0.6 is 15.9 Å². The molecule has 108 valence electrons. The molecule has 0 unspecified atom stereocenters. The van der Waals surface area contributed by atoms with E-state index in [-0.39, 0.29) is 11.9 Å². The van der Waals surface area contributed by atoms with E-state index in [1.165, 1.54) is 0 Å². The maximum atomic E-state index is 12.6. The zero-order chi connectivity index (χ0) is 14.5. The molecule has 1 fully saturated rings. The Kier molecular flexibility index (Phi) is 5.20. The van der Waals surface area contributed by atoms with Crippen LogP contribution < -0.4 is 15.0 Å². The van der Waals surface area contributed by atoms with Crippen molar-refractivity contribution in [2.75, 3.05) is 25.1 Å². The van der Waals surface area contributed by atoms with Gasteiger partial charge in [0.05, 0.1) is 18.8 Å². The smallest absolute Gasteiger partial charge is 0.244 e. The summed E-state index contributed by atoms with van der Waals surface area (Å²) in [5, 5.41) is 3.24. The van der Waals surface area contributed by atoms with Crippen LogP contribution in [-0.2, 0) is 4.79 Å². The molecular weight excluding hydrogens is 320 g/mol. The molecule has 2 rings (SSSR count). The predicted octanol–water partition coefficient (Wildman–Crippen LogP) is 2.73. The van der Waals surface area contributed by atoms with Gasteiger partial charge in [0.15, 0.2) is 0 Å². The summed E-state index contributed by atoms with van der Waals surface area (Å²) in [6, 6.07) is 5.51. The fraction of sp³-hybridized carbons (Fsp3) is 0.400. The minimum Gasteiger partial charge on any atom is -0.497 e. The van der Waals surface area contributed by atoms with E-state index in [0.717, 1.165) is 35.3 Å². The van der Waals surface area contributed by atoms with Crippen LogP contribution in [0.5, 0.6) is 5.75 Å². The molecule has 5 heteroatoms. The number of benzene rings is 1. The van der Waals surface area contributed by atoms with Crippen molar-refractivity contribution < 1.29 is 9.53 Å². The molecule has 1 aromatic carbocycles. The van der Waals surface area contributed by atoms with Crippen molar-refractivity contribution in [1.29, 1.82) is 0 Å². The minimum atomic E-state index is -0.0936. The molecule has 0 bridgehead atoms. The van der Waals surface area contributed by atoms with E-state index in [0.29, 0.717) is 6.54 Å². The molecule has 0 aromatic heterocycles. The molecule has 1 aliphatic heterocycles. The maximum Gasteiger partial charge on any atom is 0.244 e. The van der Waals surface area contributed by atoms with Crippen LogP contribution in [0.25, 0.3) is 0 Å². The van der Waals surface area contributed by atoms with Crippen LogP contribution in [0.1, 0.15) is 12.8 Å². The molecule has 1 aromatic rings. The predicted molar refractivity (Wildman–Crippen MR) is 84.3 cm³/mol. The Morgan fingerprint density at radius 3 is 3.00 bits per heavy atom. The highest BCUT2D eigenvalue weighted by Crippen LogP contribution is 2.31. The molecule has 1 saturated heterocycles. The van der Waals surface area contributed by atoms with E-state index in [1.54, 1.807) is 18.1 Å². The molecule has 1 amide bonds. The van der Waals surface area contributed by atoms with Gasteiger partial charge in [-0.2, -0.15) is 0 Å². The largest absolute Gasteiger partial charge is 0.497 e. The zero-order valence-corrected chi connectivity index (χ0v) is 13.1. The van der Waals surface area contributed by atoms with E-state index in [2.05, 4.69) is 27.8 Å². The van der Waals surface area contributed by atoms with Gasteiger partial charge in [0.2, 0.25) is 5.91 Å². The first-order valence-electron chi connectivity index (χ1n) is 6.66. The summed E-state index contributed by atoms with van der Waals surface area (Å²) in [7, 11) is 1.62. The Hall–Kier alpha value is -1.33. The summed E-state index contributed by atoms with van der Waals surface area (Å²) >= 11 is 3.51. The van der Waals surface area contributed by atoms with Crippen molar-refractivity contribution >= 4 is 27.5 Å². The van der Waals surface area contributed by atoms with Gasteiger partial charge >= 0.3 is 0 Å². The van der Waals surface area contributed by atoms with Gasteiger partial charge in [0.25, 0.3) is 0 Å². The highest BCUT2D eigenvalue weighted by molar-refractivity contribution is 9.10. The Morgan fingerprint density at radius 1 is 1.65 bits per heavy atom. The number of amides is 1. The maximum absolute atomic E-state index is 12.6. The summed E-state index contributed by atoms with van der Waals surface area (Å²) in [6.07, 6.45) is 3.67. The summed E-state index contributed by atoms with van der Waals surface area (Å²) in [5.74, 6) is 0.846. The number of anilines is 1. The van der Waals surface area contributed by atoms with E-state index >= 15 is 0 Å². The van der Waals surface area contributed by atoms with Gasteiger partial charge in [-0.15, -0.1) is 6.58 Å². The molecule has 0 radical (unpaired) electrons. The summed E-state index contributed by atoms with van der Waals surface area (Å²) in [6.45, 7) is 5.14. The molecule has 1 heterocycles. The van der Waals surface area contributed by atoms with Gasteiger partial charge in [-0.3, -0.25) is 4.79 Å². The molecule has 1 aliphatic rings. The quantitative estimate of drug-likeness (QED) is 0.839. The number of methoxy groups -OCH3 is 1. The van der Waals surface area contributed by atoms with Gasteiger partial charge in [0.1, 0.15) is 5.75 Å². The molecule has 20 heavy (non-hydrogen) atoms. The Balaban J connectivity index is 2.27. The number of hydrogen-bond donors (Lipinski definition) is 1. The molecule has 0 spiro atoms. The van der Waals surface area contributed by atoms with Crippen LogP contribution in [-0.4, -0.2) is 32.1 Å². The first-order valence-corrected chi connectivity index (χ1v) is 7.46. The third kappa shape index (κ3) is 3.22. The first-order chi connectivity index (χ1) is 9.67. The molecule has 1 N–H and O–H groups in total. The minimum absolute atomic E-state index is 0.0910. The average molecular weight is 339 g/mol. The highest BCUT2D eigenvalue weighted by Gasteiger charge is 2.28. The van der Waals surface area contributed by atoms with Crippen molar-refractivity contribution in [1.82, 2.24) is 5.32 Å². The van der Waals surface area contributed by atoms with Crippen molar-refractivity contribution in [2.45, 2.75) is 18.9 Å². The standard InChI is InChI=1S/C15H19BrN2O2/c1-3-9-18(15(19)13-5-4-8-17-13)14-7-6-11(20-2)10-12(14)16/h3,6-7,10,13,17H,1,4-5,8-9H2,2H3/t13-/m0/s1. The van der Waals surface area contributed by atoms with Crippen LogP contribution in [0.3, 0.4) is 0 Å². The first kappa shape index (κ1) is 15.1. The van der Waals surface area contributed by atoms with Crippen LogP contribution in [0.4, 0.5) is 5.69 Å². The average Bonchev–Trinajstić information content (AvgIpc) is 2.98. The number of nitrogens with one attached hydrogen (secondary N) is 1. The molecule has 4 nitrogen and oxygen atoms in total. The lowest BCUT2D eigenvalue weighted by molar-refractivity contribution is -0.120. The fourth-order valence-corrected chi connectivity index (χ4v) is 2.92. The second-order valence-electron chi connectivity index (χ2n) is 4.70. The Labute approximate surface area is 127 Å². The Bertz CT molecular complexity index is 499. The second-order valence-corrected chi connectivity index (χ2v) is 5.56. The third-order valence-corrected chi connectivity index (χ3v) is 4.02. The third-order valence-electron chi connectivity index (χ3n) is 3.38. The molecule has 0 saturated carbocycles. The molecule has 1 atom stereocenters. The lowest BCUT2D eigenvalue weighted by Crippen LogP contribution is -2.44. The molecule has 0 aliphatic carbocycles. The van der Waals surface area contributed by atoms with E-state index in [9.17, 15) is 4.79 Å². The summed E-state index contributed by atoms with van der Waals surface area (Å²) in [4.78, 5) is 14.4. The van der Waals surface area contributed by atoms with Gasteiger partial charge < -0.3 is 15.0 Å². The van der Waals surface area contributed by atoms with Gasteiger partial charge in [-0.1, -0.05) is 6.08 Å². The number of carbonyl (C=O) groups excluding carboxylic acids is 1. The van der Waals surface area contributed by atoms with Crippen molar-refractivity contribution in [2.24, 2.45) is 0 Å². The van der Waals surface area contributed by atoms with Crippen molar-refractivity contribution in [3.8, 4) is 5.75 Å². The zero-order valence-electron chi connectivity index (χ0n) is 11.6. The van der Waals surface area contributed by atoms with Gasteiger partial charge in [-0.05, 0) is 53.5 Å². The summed E-state index contributed by atoms with van der Waals surface area (Å²) in [5.41, 5.74) is 0.837. The topological polar surface area (TPSA) is 41.6 Å². The monoisotopic (exact) mass is 338 g/mol. The lowest BCUT2D eigenvalue weighted by atomic mass is 10.1. The Morgan fingerprint density at radius 2 is 2.45 bits per heavy atom. The molecular formula is C15H19BrN2O2. The van der Waals surface area contributed by atoms with E-state index in [1.807, 2.05) is 18.2 Å². The van der Waals surface area contributed by atoms with Gasteiger partial charge in [-0.25, -0.2) is 0 Å². The van der Waals surface area contributed by atoms with Crippen LogP contribution in [0.15, 0.2) is 35.3 Å². The number of ether oxygens (including phenoxy) is 1. The van der Waals surface area contributed by atoms with E-state index < -0.39 is 0 Å². The number of halogens is 1. The van der Waals surface area contributed by atoms with Crippen LogP contribution in [0, 0.1) is 0 Å². The van der Waals surface area contributed by atoms with Crippen molar-refractivity contribution in [3.63, 3.8) is 0 Å². The number of hydrogen-bond acceptors (Lipinski definition) is 3. The second kappa shape index (κ2) is 6.90. The number of carbonyl (C=O) groups is 1. The van der Waals surface area contributed by atoms with Crippen molar-refractivity contribution in [3.05, 3.63) is 35.3 Å². The van der Waals surface area contributed by atoms with Crippen LogP contribution in [0.2, 0.25) is 0 Å². The number of nitrogens with zero attached hydrogens (tertiary/aromatic N) is 1. The van der Waals surface area contributed by atoms with Gasteiger partial charge in [0, 0.05) is 11.0 Å². The highest BCUT2D eigenvalue weighted by atomic mass is 79.9. The SMILES string of the molecule is C=CCN(C(=O)[C@@H]1CCCN1)c1ccc(OC)cc1Br. The lowest BCUT2D eigenvalue weighted by Gasteiger charge is -2.26. The number of rotatable bonds is 5. The summed E-state index contributed by atoms with van der Waals surface area (Å²) < 4.78 is 6.02. The normalized spacial score (nSPS) is 17.8. The van der Waals surface area contributed by atoms with E-state index in [4.69, 9.17) is 4.74 Å².